The summed E-state index contributed by atoms with van der Waals surface area (Å²) in [6.07, 6.45) is 0. The lowest BCUT2D eigenvalue weighted by Gasteiger charge is -2.23. The SMILES string of the molecule is COc1ccc(OC)c(S(=O)(=O)NC[C@H](c2ccc(N(C)C)cc2)[NH+](C)C)c1. The number of nitrogens with zero attached hydrogens (tertiary/aromatic N) is 1. The molecule has 0 aliphatic rings. The molecule has 0 heterocycles. The van der Waals surface area contributed by atoms with Crippen LogP contribution in [-0.2, 0) is 10.0 Å². The van der Waals surface area contributed by atoms with E-state index in [1.54, 1.807) is 12.1 Å². The highest BCUT2D eigenvalue weighted by Gasteiger charge is 2.25. The van der Waals surface area contributed by atoms with Crippen molar-refractivity contribution in [3.05, 3.63) is 48.0 Å². The fourth-order valence-corrected chi connectivity index (χ4v) is 4.15. The van der Waals surface area contributed by atoms with Gasteiger partial charge in [-0.15, -0.1) is 0 Å². The Kier molecular flexibility index (Phi) is 7.29. The van der Waals surface area contributed by atoms with Crippen molar-refractivity contribution in [2.45, 2.75) is 10.9 Å². The van der Waals surface area contributed by atoms with Crippen LogP contribution in [0.2, 0.25) is 0 Å². The monoisotopic (exact) mass is 408 g/mol. The number of hydrogen-bond donors (Lipinski definition) is 2. The number of methoxy groups -OCH3 is 2. The summed E-state index contributed by atoms with van der Waals surface area (Å²) in [6.45, 7) is 0.256. The Balaban J connectivity index is 2.25. The molecule has 2 aromatic rings. The van der Waals surface area contributed by atoms with Gasteiger partial charge in [-0.2, -0.15) is 0 Å². The van der Waals surface area contributed by atoms with Crippen molar-refractivity contribution in [3.63, 3.8) is 0 Å². The topological polar surface area (TPSA) is 72.3 Å². The summed E-state index contributed by atoms with van der Waals surface area (Å²) in [5, 5.41) is 0. The Bertz CT molecular complexity index is 881. The Morgan fingerprint density at radius 1 is 1.04 bits per heavy atom. The van der Waals surface area contributed by atoms with Crippen LogP contribution >= 0.6 is 0 Å². The molecule has 0 aliphatic heterocycles. The third kappa shape index (κ3) is 5.15. The van der Waals surface area contributed by atoms with Crippen molar-refractivity contribution in [1.29, 1.82) is 0 Å². The number of anilines is 1. The van der Waals surface area contributed by atoms with Gasteiger partial charge in [0.2, 0.25) is 10.0 Å². The molecule has 0 aliphatic carbocycles. The molecule has 0 saturated carbocycles. The zero-order valence-corrected chi connectivity index (χ0v) is 18.1. The lowest BCUT2D eigenvalue weighted by molar-refractivity contribution is -0.890. The van der Waals surface area contributed by atoms with Gasteiger partial charge in [-0.3, -0.25) is 0 Å². The minimum atomic E-state index is -3.77. The second-order valence-electron chi connectivity index (χ2n) is 6.98. The smallest absolute Gasteiger partial charge is 0.244 e. The van der Waals surface area contributed by atoms with Crippen LogP contribution in [0.15, 0.2) is 47.4 Å². The quantitative estimate of drug-likeness (QED) is 0.646. The highest BCUT2D eigenvalue weighted by molar-refractivity contribution is 7.89. The van der Waals surface area contributed by atoms with Crippen LogP contribution in [-0.4, -0.2) is 57.4 Å². The van der Waals surface area contributed by atoms with E-state index in [1.807, 2.05) is 57.4 Å². The number of hydrogen-bond acceptors (Lipinski definition) is 5. The second-order valence-corrected chi connectivity index (χ2v) is 8.72. The van der Waals surface area contributed by atoms with Gasteiger partial charge < -0.3 is 19.3 Å². The molecule has 2 rings (SSSR count). The van der Waals surface area contributed by atoms with Crippen molar-refractivity contribution in [1.82, 2.24) is 4.72 Å². The fraction of sp³-hybridized carbons (Fsp3) is 0.400. The van der Waals surface area contributed by atoms with E-state index in [1.165, 1.54) is 20.3 Å². The zero-order chi connectivity index (χ0) is 20.9. The predicted molar refractivity (Wildman–Crippen MR) is 111 cm³/mol. The molecule has 0 aromatic heterocycles. The zero-order valence-electron chi connectivity index (χ0n) is 17.3. The van der Waals surface area contributed by atoms with Crippen LogP contribution in [0.4, 0.5) is 5.69 Å². The average molecular weight is 409 g/mol. The van der Waals surface area contributed by atoms with Crippen molar-refractivity contribution in [3.8, 4) is 11.5 Å². The Morgan fingerprint density at radius 2 is 1.68 bits per heavy atom. The molecule has 0 fully saturated rings. The van der Waals surface area contributed by atoms with E-state index < -0.39 is 10.0 Å². The first kappa shape index (κ1) is 22.0. The molecule has 8 heteroatoms. The first-order chi connectivity index (χ1) is 13.2. The van der Waals surface area contributed by atoms with Gasteiger partial charge >= 0.3 is 0 Å². The third-order valence-corrected chi connectivity index (χ3v) is 6.09. The molecule has 0 radical (unpaired) electrons. The van der Waals surface area contributed by atoms with E-state index in [-0.39, 0.29) is 23.2 Å². The summed E-state index contributed by atoms with van der Waals surface area (Å²) in [7, 11) is 7.15. The highest BCUT2D eigenvalue weighted by atomic mass is 32.2. The number of nitrogens with one attached hydrogen (secondary N) is 2. The summed E-state index contributed by atoms with van der Waals surface area (Å²) < 4.78 is 38.9. The normalized spacial score (nSPS) is 12.7. The van der Waals surface area contributed by atoms with Crippen molar-refractivity contribution >= 4 is 15.7 Å². The number of sulfonamides is 1. The van der Waals surface area contributed by atoms with E-state index >= 15 is 0 Å². The summed E-state index contributed by atoms with van der Waals surface area (Å²) in [6, 6.07) is 12.8. The molecule has 0 unspecified atom stereocenters. The van der Waals surface area contributed by atoms with Crippen LogP contribution in [0.5, 0.6) is 11.5 Å². The Morgan fingerprint density at radius 3 is 2.18 bits per heavy atom. The van der Waals surface area contributed by atoms with Gasteiger partial charge in [0.25, 0.3) is 0 Å². The van der Waals surface area contributed by atoms with Gasteiger partial charge in [-0.05, 0) is 24.3 Å². The van der Waals surface area contributed by atoms with E-state index in [9.17, 15) is 8.42 Å². The van der Waals surface area contributed by atoms with Crippen molar-refractivity contribution in [2.24, 2.45) is 0 Å². The number of rotatable bonds is 9. The maximum atomic E-state index is 12.9. The molecule has 0 saturated heterocycles. The van der Waals surface area contributed by atoms with E-state index in [2.05, 4.69) is 4.72 Å². The first-order valence-corrected chi connectivity index (χ1v) is 10.5. The first-order valence-electron chi connectivity index (χ1n) is 8.98. The molecule has 0 spiro atoms. The van der Waals surface area contributed by atoms with Gasteiger partial charge in [-0.1, -0.05) is 12.1 Å². The van der Waals surface area contributed by atoms with E-state index in [0.29, 0.717) is 5.75 Å². The fourth-order valence-electron chi connectivity index (χ4n) is 2.92. The number of benzene rings is 2. The number of likely N-dealkylation sites (N-methyl/N-ethyl adjacent to an activating group) is 1. The minimum Gasteiger partial charge on any atom is -0.497 e. The molecule has 28 heavy (non-hydrogen) atoms. The van der Waals surface area contributed by atoms with Gasteiger partial charge in [0.05, 0.1) is 34.9 Å². The summed E-state index contributed by atoms with van der Waals surface area (Å²) in [5.41, 5.74) is 2.16. The van der Waals surface area contributed by atoms with Crippen LogP contribution in [0.1, 0.15) is 11.6 Å². The molecule has 0 bridgehead atoms. The van der Waals surface area contributed by atoms with E-state index in [4.69, 9.17) is 9.47 Å². The summed E-state index contributed by atoms with van der Waals surface area (Å²) in [5.74, 6) is 0.729. The summed E-state index contributed by atoms with van der Waals surface area (Å²) in [4.78, 5) is 3.21. The van der Waals surface area contributed by atoms with Crippen LogP contribution < -0.4 is 24.0 Å². The third-order valence-electron chi connectivity index (χ3n) is 4.65. The summed E-state index contributed by atoms with van der Waals surface area (Å²) >= 11 is 0. The Labute approximate surface area is 167 Å². The lowest BCUT2D eigenvalue weighted by Crippen LogP contribution is -3.07. The van der Waals surface area contributed by atoms with Gasteiger partial charge in [0, 0.05) is 31.4 Å². The number of ether oxygens (including phenoxy) is 2. The minimum absolute atomic E-state index is 0.0393. The highest BCUT2D eigenvalue weighted by Crippen LogP contribution is 2.28. The van der Waals surface area contributed by atoms with Gasteiger partial charge in [0.1, 0.15) is 22.4 Å². The van der Waals surface area contributed by atoms with Gasteiger partial charge in [-0.25, -0.2) is 13.1 Å². The molecule has 2 aromatic carbocycles. The van der Waals surface area contributed by atoms with Crippen molar-refractivity contribution in [2.75, 3.05) is 53.9 Å². The Hall–Kier alpha value is -2.29. The second kappa shape index (κ2) is 9.27. The molecular weight excluding hydrogens is 378 g/mol. The molecule has 1 atom stereocenters. The lowest BCUT2D eigenvalue weighted by atomic mass is 10.1. The molecule has 154 valence electrons. The van der Waals surface area contributed by atoms with Gasteiger partial charge in [0.15, 0.2) is 0 Å². The van der Waals surface area contributed by atoms with E-state index in [0.717, 1.165) is 16.2 Å². The maximum absolute atomic E-state index is 12.9. The van der Waals surface area contributed by atoms with Crippen molar-refractivity contribution < 1.29 is 22.8 Å². The molecule has 7 nitrogen and oxygen atoms in total. The standard InChI is InChI=1S/C20H29N3O4S/c1-22(2)16-9-7-15(8-10-16)18(23(3)4)14-21-28(24,25)20-13-17(26-5)11-12-19(20)27-6/h7-13,18,21H,14H2,1-6H3/p+1/t18-/m1/s1. The maximum Gasteiger partial charge on any atom is 0.244 e. The average Bonchev–Trinajstić information content (AvgIpc) is 2.67. The molecule has 2 N–H and O–H groups in total. The predicted octanol–water partition coefficient (Wildman–Crippen LogP) is 0.934. The van der Waals surface area contributed by atoms with Crippen LogP contribution in [0.3, 0.4) is 0 Å². The molecule has 0 amide bonds. The van der Waals surface area contributed by atoms with Crippen LogP contribution in [0.25, 0.3) is 0 Å². The molecular formula is C20H30N3O4S+. The van der Waals surface area contributed by atoms with Crippen LogP contribution in [0, 0.1) is 0 Å². The number of quaternary nitrogens is 1. The largest absolute Gasteiger partial charge is 0.497 e.